The minimum absolute atomic E-state index is 0.0844. The minimum atomic E-state index is -3.89. The number of hydrogen-bond acceptors (Lipinski definition) is 7. The molecule has 2 heterocycles. The zero-order valence-corrected chi connectivity index (χ0v) is 19.4. The Balaban J connectivity index is 1.63. The summed E-state index contributed by atoms with van der Waals surface area (Å²) in [4.78, 5) is 15.0. The monoisotopic (exact) mass is 481 g/mol. The summed E-state index contributed by atoms with van der Waals surface area (Å²) in [5.41, 5.74) is 0.779. The summed E-state index contributed by atoms with van der Waals surface area (Å²) in [5, 5.41) is -0.300. The van der Waals surface area contributed by atoms with E-state index in [-0.39, 0.29) is 28.8 Å². The van der Waals surface area contributed by atoms with Gasteiger partial charge in [0.15, 0.2) is 17.3 Å². The lowest BCUT2D eigenvalue weighted by Gasteiger charge is -2.21. The molecule has 0 aliphatic carbocycles. The number of rotatable bonds is 9. The lowest BCUT2D eigenvalue weighted by Crippen LogP contribution is -2.29. The Morgan fingerprint density at radius 1 is 0.882 bits per heavy atom. The molecule has 34 heavy (non-hydrogen) atoms. The van der Waals surface area contributed by atoms with Gasteiger partial charge in [0.1, 0.15) is 5.76 Å². The summed E-state index contributed by atoms with van der Waals surface area (Å²) in [6.45, 7) is 0.350. The van der Waals surface area contributed by atoms with E-state index in [0.717, 1.165) is 5.56 Å². The predicted molar refractivity (Wildman–Crippen MR) is 122 cm³/mol. The molecule has 2 aromatic heterocycles. The van der Waals surface area contributed by atoms with Crippen LogP contribution >= 0.6 is 0 Å². The van der Waals surface area contributed by atoms with E-state index in [0.29, 0.717) is 17.3 Å². The van der Waals surface area contributed by atoms with E-state index in [9.17, 15) is 13.2 Å². The van der Waals surface area contributed by atoms with Crippen molar-refractivity contribution < 1.29 is 31.5 Å². The van der Waals surface area contributed by atoms with Crippen LogP contribution in [0.4, 0.5) is 0 Å². The quantitative estimate of drug-likeness (QED) is 0.345. The second-order valence-electron chi connectivity index (χ2n) is 7.37. The number of methoxy groups -OCH3 is 2. The van der Waals surface area contributed by atoms with Gasteiger partial charge in [-0.1, -0.05) is 24.3 Å². The molecule has 0 aliphatic heterocycles. The average Bonchev–Trinajstić information content (AvgIpc) is 3.56. The predicted octanol–water partition coefficient (Wildman–Crippen LogP) is 4.57. The molecule has 8 nitrogen and oxygen atoms in total. The van der Waals surface area contributed by atoms with Crippen LogP contribution in [0.15, 0.2) is 97.9 Å². The largest absolute Gasteiger partial charge is 0.493 e. The molecule has 176 valence electrons. The maximum absolute atomic E-state index is 13.4. The highest BCUT2D eigenvalue weighted by Gasteiger charge is 2.26. The molecule has 0 fully saturated rings. The van der Waals surface area contributed by atoms with Gasteiger partial charge in [0, 0.05) is 6.54 Å². The first kappa shape index (κ1) is 23.2. The number of furan rings is 2. The van der Waals surface area contributed by atoms with Gasteiger partial charge in [0.25, 0.3) is 5.91 Å². The number of benzene rings is 2. The molecule has 0 aliphatic rings. The molecule has 2 aromatic carbocycles. The Morgan fingerprint density at radius 3 is 2.32 bits per heavy atom. The fourth-order valence-electron chi connectivity index (χ4n) is 3.44. The van der Waals surface area contributed by atoms with Crippen molar-refractivity contribution in [2.24, 2.45) is 0 Å². The van der Waals surface area contributed by atoms with Gasteiger partial charge in [-0.15, -0.1) is 0 Å². The van der Waals surface area contributed by atoms with Crippen molar-refractivity contribution in [2.45, 2.75) is 23.1 Å². The molecular formula is C25H23NO7S. The van der Waals surface area contributed by atoms with Crippen LogP contribution in [0.25, 0.3) is 0 Å². The topological polar surface area (TPSA) is 99.2 Å². The molecule has 1 amide bonds. The molecular weight excluding hydrogens is 458 g/mol. The van der Waals surface area contributed by atoms with Crippen molar-refractivity contribution in [2.75, 3.05) is 14.2 Å². The lowest BCUT2D eigenvalue weighted by atomic mass is 10.1. The number of carbonyl (C=O) groups excluding carboxylic acids is 1. The molecule has 0 N–H and O–H groups in total. The Labute approximate surface area is 197 Å². The van der Waals surface area contributed by atoms with Crippen LogP contribution in [-0.4, -0.2) is 33.4 Å². The van der Waals surface area contributed by atoms with Gasteiger partial charge in [-0.25, -0.2) is 8.42 Å². The molecule has 4 rings (SSSR count). The van der Waals surface area contributed by atoms with Crippen molar-refractivity contribution in [1.29, 1.82) is 0 Å². The summed E-state index contributed by atoms with van der Waals surface area (Å²) in [6, 6.07) is 19.4. The fourth-order valence-corrected chi connectivity index (χ4v) is 4.64. The third-order valence-corrected chi connectivity index (χ3v) is 6.79. The number of sulfone groups is 1. The number of nitrogens with zero attached hydrogens (tertiary/aromatic N) is 1. The normalized spacial score (nSPS) is 11.2. The Kier molecular flexibility index (Phi) is 6.74. The van der Waals surface area contributed by atoms with Crippen LogP contribution in [0, 0.1) is 0 Å². The van der Waals surface area contributed by atoms with Gasteiger partial charge in [-0.2, -0.15) is 0 Å². The van der Waals surface area contributed by atoms with Gasteiger partial charge in [-0.05, 0) is 54.1 Å². The fraction of sp³-hybridized carbons (Fsp3) is 0.160. The van der Waals surface area contributed by atoms with Crippen molar-refractivity contribution in [1.82, 2.24) is 4.90 Å². The van der Waals surface area contributed by atoms with Crippen molar-refractivity contribution in [3.8, 4) is 11.5 Å². The van der Waals surface area contributed by atoms with Gasteiger partial charge in [-0.3, -0.25) is 4.79 Å². The van der Waals surface area contributed by atoms with Gasteiger partial charge < -0.3 is 23.2 Å². The molecule has 0 atom stereocenters. The third-order valence-electron chi connectivity index (χ3n) is 5.15. The molecule has 0 saturated heterocycles. The van der Waals surface area contributed by atoms with Crippen molar-refractivity contribution in [3.05, 3.63) is 96.1 Å². The van der Waals surface area contributed by atoms with Crippen LogP contribution in [-0.2, 0) is 22.9 Å². The second kappa shape index (κ2) is 9.88. The highest BCUT2D eigenvalue weighted by Crippen LogP contribution is 2.29. The Morgan fingerprint density at radius 2 is 1.65 bits per heavy atom. The van der Waals surface area contributed by atoms with Crippen LogP contribution < -0.4 is 9.47 Å². The van der Waals surface area contributed by atoms with Gasteiger partial charge in [0.05, 0.1) is 31.9 Å². The lowest BCUT2D eigenvalue weighted by molar-refractivity contribution is 0.0679. The van der Waals surface area contributed by atoms with E-state index >= 15 is 0 Å². The van der Waals surface area contributed by atoms with Crippen molar-refractivity contribution >= 4 is 15.7 Å². The third kappa shape index (κ3) is 4.84. The van der Waals surface area contributed by atoms with E-state index in [1.165, 1.54) is 42.5 Å². The van der Waals surface area contributed by atoms with Crippen LogP contribution in [0.1, 0.15) is 21.9 Å². The maximum atomic E-state index is 13.4. The summed E-state index contributed by atoms with van der Waals surface area (Å²) < 4.78 is 47.3. The average molecular weight is 482 g/mol. The first-order valence-corrected chi connectivity index (χ1v) is 11.8. The molecule has 0 bridgehead atoms. The summed E-state index contributed by atoms with van der Waals surface area (Å²) in [5.74, 6) is 1.08. The SMILES string of the molecule is COc1ccc(CN(Cc2ccco2)C(=O)c2ccc(S(=O)(=O)c3ccccc3)o2)cc1OC. The van der Waals surface area contributed by atoms with E-state index in [1.54, 1.807) is 49.6 Å². The number of ether oxygens (including phenoxy) is 2. The van der Waals surface area contributed by atoms with E-state index < -0.39 is 15.7 Å². The maximum Gasteiger partial charge on any atom is 0.290 e. The Bertz CT molecular complexity index is 1360. The number of amides is 1. The zero-order valence-electron chi connectivity index (χ0n) is 18.6. The highest BCUT2D eigenvalue weighted by molar-refractivity contribution is 7.91. The first-order valence-electron chi connectivity index (χ1n) is 10.3. The summed E-state index contributed by atoms with van der Waals surface area (Å²) >= 11 is 0. The zero-order chi connectivity index (χ0) is 24.1. The first-order chi connectivity index (χ1) is 16.4. The van der Waals surface area contributed by atoms with Crippen LogP contribution in [0.5, 0.6) is 11.5 Å². The van der Waals surface area contributed by atoms with Crippen LogP contribution in [0.3, 0.4) is 0 Å². The molecule has 0 saturated carbocycles. The molecule has 0 unspecified atom stereocenters. The number of carbonyl (C=O) groups is 1. The van der Waals surface area contributed by atoms with E-state index in [4.69, 9.17) is 18.3 Å². The molecule has 0 radical (unpaired) electrons. The van der Waals surface area contributed by atoms with E-state index in [1.807, 2.05) is 6.07 Å². The molecule has 9 heteroatoms. The molecule has 0 spiro atoms. The molecule has 4 aromatic rings. The smallest absolute Gasteiger partial charge is 0.290 e. The van der Waals surface area contributed by atoms with Gasteiger partial charge >= 0.3 is 0 Å². The standard InChI is InChI=1S/C25H23NO7S/c1-30-21-11-10-18(15-23(21)31-2)16-26(17-19-7-6-14-32-19)25(27)22-12-13-24(33-22)34(28,29)20-8-4-3-5-9-20/h3-15H,16-17H2,1-2H3. The van der Waals surface area contributed by atoms with Gasteiger partial charge in [0.2, 0.25) is 14.9 Å². The van der Waals surface area contributed by atoms with E-state index in [2.05, 4.69) is 0 Å². The Hall–Kier alpha value is -3.98. The number of hydrogen-bond donors (Lipinski definition) is 0. The highest BCUT2D eigenvalue weighted by atomic mass is 32.2. The summed E-state index contributed by atoms with van der Waals surface area (Å²) in [7, 11) is -0.813. The van der Waals surface area contributed by atoms with Crippen molar-refractivity contribution in [3.63, 3.8) is 0 Å². The van der Waals surface area contributed by atoms with Crippen LogP contribution in [0.2, 0.25) is 0 Å². The summed E-state index contributed by atoms with van der Waals surface area (Å²) in [6.07, 6.45) is 1.52. The second-order valence-corrected chi connectivity index (χ2v) is 9.25. The minimum Gasteiger partial charge on any atom is -0.493 e.